The zero-order valence-corrected chi connectivity index (χ0v) is 9.37. The van der Waals surface area contributed by atoms with Crippen molar-refractivity contribution in [3.05, 3.63) is 0 Å². The normalized spacial score (nSPS) is 10.9. The topological polar surface area (TPSA) is 46.6 Å². The highest BCUT2D eigenvalue weighted by Crippen LogP contribution is 2.09. The summed E-state index contributed by atoms with van der Waals surface area (Å²) in [6, 6.07) is 0. The second-order valence-electron chi connectivity index (χ2n) is 4.21. The van der Waals surface area contributed by atoms with Crippen molar-refractivity contribution in [1.82, 2.24) is 4.90 Å². The zero-order chi connectivity index (χ0) is 11.2. The van der Waals surface area contributed by atoms with Crippen LogP contribution in [0, 0.1) is 0 Å². The van der Waals surface area contributed by atoms with E-state index >= 15 is 0 Å². The van der Waals surface area contributed by atoms with E-state index in [2.05, 4.69) is 0 Å². The zero-order valence-electron chi connectivity index (χ0n) is 9.37. The smallest absolute Gasteiger partial charge is 0.410 e. The predicted octanol–water partition coefficient (Wildman–Crippen LogP) is 1.83. The molecule has 14 heavy (non-hydrogen) atoms. The average Bonchev–Trinajstić information content (AvgIpc) is 2.01. The number of carbonyl (C=O) groups is 2. The van der Waals surface area contributed by atoms with Gasteiger partial charge in [-0.2, -0.15) is 0 Å². The summed E-state index contributed by atoms with van der Waals surface area (Å²) in [6.07, 6.45) is 1.67. The van der Waals surface area contributed by atoms with Crippen LogP contribution in [0.1, 0.15) is 33.6 Å². The predicted molar refractivity (Wildman–Crippen MR) is 54.2 cm³/mol. The van der Waals surface area contributed by atoms with E-state index in [-0.39, 0.29) is 6.09 Å². The molecule has 0 atom stereocenters. The fraction of sp³-hybridized carbons (Fsp3) is 0.800. The van der Waals surface area contributed by atoms with Gasteiger partial charge < -0.3 is 14.4 Å². The van der Waals surface area contributed by atoms with Crippen LogP contribution >= 0.6 is 0 Å². The Balaban J connectivity index is 3.82. The van der Waals surface area contributed by atoms with Gasteiger partial charge in [0, 0.05) is 20.0 Å². The molecule has 0 bridgehead atoms. The number of ether oxygens (including phenoxy) is 1. The minimum atomic E-state index is -0.462. The van der Waals surface area contributed by atoms with Gasteiger partial charge in [0.15, 0.2) is 0 Å². The Bertz CT molecular complexity index is 196. The van der Waals surface area contributed by atoms with E-state index in [4.69, 9.17) is 4.74 Å². The first-order chi connectivity index (χ1) is 6.37. The van der Waals surface area contributed by atoms with Gasteiger partial charge in [-0.25, -0.2) is 4.79 Å². The van der Waals surface area contributed by atoms with Crippen LogP contribution in [0.5, 0.6) is 0 Å². The standard InChI is InChI=1S/C10H19NO3/c1-10(2,3)14-9(13)11(4)7-5-6-8-12/h8H,5-7H2,1-4H3. The van der Waals surface area contributed by atoms with E-state index < -0.39 is 5.60 Å². The summed E-state index contributed by atoms with van der Waals surface area (Å²) in [4.78, 5) is 22.9. The van der Waals surface area contributed by atoms with Crippen LogP contribution in [0.3, 0.4) is 0 Å². The molecule has 82 valence electrons. The lowest BCUT2D eigenvalue weighted by Gasteiger charge is -2.24. The highest BCUT2D eigenvalue weighted by Gasteiger charge is 2.18. The molecule has 0 N–H and O–H groups in total. The lowest BCUT2D eigenvalue weighted by molar-refractivity contribution is -0.108. The van der Waals surface area contributed by atoms with Crippen LogP contribution in [0.25, 0.3) is 0 Å². The number of hydrogen-bond acceptors (Lipinski definition) is 3. The molecular formula is C10H19NO3. The van der Waals surface area contributed by atoms with Crippen molar-refractivity contribution in [2.75, 3.05) is 13.6 Å². The van der Waals surface area contributed by atoms with Gasteiger partial charge in [-0.3, -0.25) is 0 Å². The van der Waals surface area contributed by atoms with Crippen molar-refractivity contribution in [3.8, 4) is 0 Å². The van der Waals surface area contributed by atoms with Crippen molar-refractivity contribution in [3.63, 3.8) is 0 Å². The molecular weight excluding hydrogens is 182 g/mol. The van der Waals surface area contributed by atoms with Gasteiger partial charge in [0.25, 0.3) is 0 Å². The maximum atomic E-state index is 11.4. The van der Waals surface area contributed by atoms with Gasteiger partial charge in [0.1, 0.15) is 11.9 Å². The van der Waals surface area contributed by atoms with Crippen LogP contribution in [-0.2, 0) is 9.53 Å². The molecule has 0 saturated heterocycles. The number of unbranched alkanes of at least 4 members (excludes halogenated alkanes) is 1. The number of aldehydes is 1. The van der Waals surface area contributed by atoms with Crippen molar-refractivity contribution in [1.29, 1.82) is 0 Å². The maximum absolute atomic E-state index is 11.4. The minimum absolute atomic E-state index is 0.344. The first-order valence-electron chi connectivity index (χ1n) is 4.74. The Morgan fingerprint density at radius 3 is 2.43 bits per heavy atom. The molecule has 0 aliphatic carbocycles. The van der Waals surface area contributed by atoms with Crippen LogP contribution in [-0.4, -0.2) is 36.5 Å². The first kappa shape index (κ1) is 12.9. The summed E-state index contributed by atoms with van der Waals surface area (Å²) < 4.78 is 5.13. The largest absolute Gasteiger partial charge is 0.444 e. The van der Waals surface area contributed by atoms with Crippen LogP contribution in [0.2, 0.25) is 0 Å². The summed E-state index contributed by atoms with van der Waals surface area (Å²) in [5.74, 6) is 0. The number of nitrogens with zero attached hydrogens (tertiary/aromatic N) is 1. The van der Waals surface area contributed by atoms with Gasteiger partial charge in [-0.15, -0.1) is 0 Å². The van der Waals surface area contributed by atoms with Gasteiger partial charge in [0.05, 0.1) is 0 Å². The Labute approximate surface area is 85.2 Å². The SMILES string of the molecule is CN(CCCC=O)C(=O)OC(C)(C)C. The van der Waals surface area contributed by atoms with E-state index in [9.17, 15) is 9.59 Å². The van der Waals surface area contributed by atoms with Gasteiger partial charge in [-0.1, -0.05) is 0 Å². The van der Waals surface area contributed by atoms with E-state index in [1.54, 1.807) is 7.05 Å². The third-order valence-electron chi connectivity index (χ3n) is 1.52. The van der Waals surface area contributed by atoms with Crippen molar-refractivity contribution in [2.45, 2.75) is 39.2 Å². The van der Waals surface area contributed by atoms with Gasteiger partial charge in [0.2, 0.25) is 0 Å². The third kappa shape index (κ3) is 6.46. The monoisotopic (exact) mass is 201 g/mol. The van der Waals surface area contributed by atoms with Crippen molar-refractivity contribution >= 4 is 12.4 Å². The lowest BCUT2D eigenvalue weighted by atomic mass is 10.2. The molecule has 0 heterocycles. The summed E-state index contributed by atoms with van der Waals surface area (Å²) in [6.45, 7) is 6.02. The Kier molecular flexibility index (Phi) is 5.20. The third-order valence-corrected chi connectivity index (χ3v) is 1.52. The van der Waals surface area contributed by atoms with E-state index in [0.29, 0.717) is 19.4 Å². The Morgan fingerprint density at radius 2 is 2.00 bits per heavy atom. The summed E-state index contributed by atoms with van der Waals surface area (Å²) in [7, 11) is 1.67. The number of amides is 1. The van der Waals surface area contributed by atoms with E-state index in [1.165, 1.54) is 4.90 Å². The lowest BCUT2D eigenvalue weighted by Crippen LogP contribution is -2.34. The first-order valence-corrected chi connectivity index (χ1v) is 4.74. The fourth-order valence-corrected chi connectivity index (χ4v) is 0.843. The highest BCUT2D eigenvalue weighted by atomic mass is 16.6. The average molecular weight is 201 g/mol. The molecule has 0 rings (SSSR count). The molecule has 0 aromatic heterocycles. The van der Waals surface area contributed by atoms with Crippen LogP contribution in [0.4, 0.5) is 4.79 Å². The second kappa shape index (κ2) is 5.62. The summed E-state index contributed by atoms with van der Waals surface area (Å²) >= 11 is 0. The highest BCUT2D eigenvalue weighted by molar-refractivity contribution is 5.67. The molecule has 0 aromatic rings. The Morgan fingerprint density at radius 1 is 1.43 bits per heavy atom. The molecule has 0 fully saturated rings. The summed E-state index contributed by atoms with van der Waals surface area (Å²) in [5.41, 5.74) is -0.462. The number of rotatable bonds is 4. The van der Waals surface area contributed by atoms with E-state index in [0.717, 1.165) is 6.29 Å². The molecule has 4 heteroatoms. The minimum Gasteiger partial charge on any atom is -0.444 e. The van der Waals surface area contributed by atoms with Crippen LogP contribution < -0.4 is 0 Å². The van der Waals surface area contributed by atoms with Crippen molar-refractivity contribution in [2.24, 2.45) is 0 Å². The van der Waals surface area contributed by atoms with Crippen LogP contribution in [0.15, 0.2) is 0 Å². The fourth-order valence-electron chi connectivity index (χ4n) is 0.843. The number of carbonyl (C=O) groups excluding carboxylic acids is 2. The molecule has 0 unspecified atom stereocenters. The van der Waals surface area contributed by atoms with Gasteiger partial charge >= 0.3 is 6.09 Å². The molecule has 0 saturated carbocycles. The quantitative estimate of drug-likeness (QED) is 0.515. The second-order valence-corrected chi connectivity index (χ2v) is 4.21. The maximum Gasteiger partial charge on any atom is 0.410 e. The summed E-state index contributed by atoms with van der Waals surface area (Å²) in [5, 5.41) is 0. The molecule has 0 aliphatic rings. The Hall–Kier alpha value is -1.06. The molecule has 0 aromatic carbocycles. The molecule has 1 amide bonds. The van der Waals surface area contributed by atoms with Crippen molar-refractivity contribution < 1.29 is 14.3 Å². The number of hydrogen-bond donors (Lipinski definition) is 0. The van der Waals surface area contributed by atoms with E-state index in [1.807, 2.05) is 20.8 Å². The molecule has 4 nitrogen and oxygen atoms in total. The molecule has 0 spiro atoms. The van der Waals surface area contributed by atoms with Gasteiger partial charge in [-0.05, 0) is 27.2 Å². The molecule has 0 aliphatic heterocycles. The molecule has 0 radical (unpaired) electrons.